The highest BCUT2D eigenvalue weighted by Gasteiger charge is 2.29. The maximum Gasteiger partial charge on any atom is 0.414 e. The quantitative estimate of drug-likeness (QED) is 0.118. The average Bonchev–Trinajstić information content (AvgIpc) is 2.87. The zero-order chi connectivity index (χ0) is 30.5. The van der Waals surface area contributed by atoms with Gasteiger partial charge in [0.2, 0.25) is 5.96 Å². The fourth-order valence-electron chi connectivity index (χ4n) is 3.63. The van der Waals surface area contributed by atoms with Crippen LogP contribution in [0.25, 0.3) is 0 Å². The Balaban J connectivity index is 2.06. The van der Waals surface area contributed by atoms with Gasteiger partial charge in [0.25, 0.3) is 0 Å². The summed E-state index contributed by atoms with van der Waals surface area (Å²) in [6.07, 6.45) is 1.23. The molecule has 3 N–H and O–H groups in total. The molecule has 0 spiro atoms. The van der Waals surface area contributed by atoms with E-state index in [9.17, 15) is 14.4 Å². The lowest BCUT2D eigenvalue weighted by molar-refractivity contribution is -0.183. The standard InChI is InChI=1S/C29H46N4O8/c1-20(16-17-22(24(34)39-28(2,3)4)31-27(36)40-29(5,6)7)30-25(33-41-23-15-11-12-18-37-23)32-26(35)38-19-21-13-9-8-10-14-21/h8-10,13-14,20,22-23H,11-12,15-19H2,1-7H3,(H,31,36)(H2,30,32,33,35)/t20-,22+,23?/m1/s1. The molecular formula is C29H46N4O8. The van der Waals surface area contributed by atoms with Gasteiger partial charge in [-0.05, 0) is 79.7 Å². The second-order valence-electron chi connectivity index (χ2n) is 11.8. The number of carbonyl (C=O) groups is 3. The number of ether oxygens (including phenoxy) is 4. The molecule has 230 valence electrons. The second-order valence-corrected chi connectivity index (χ2v) is 11.8. The number of esters is 1. The number of aliphatic imine (C=N–C) groups is 1. The summed E-state index contributed by atoms with van der Waals surface area (Å²) in [6.45, 7) is 12.9. The third-order valence-electron chi connectivity index (χ3n) is 5.46. The van der Waals surface area contributed by atoms with Crippen LogP contribution in [0, 0.1) is 0 Å². The Labute approximate surface area is 242 Å². The van der Waals surface area contributed by atoms with E-state index in [0.29, 0.717) is 19.4 Å². The molecule has 1 aromatic carbocycles. The maximum atomic E-state index is 12.9. The van der Waals surface area contributed by atoms with Gasteiger partial charge in [0.15, 0.2) is 6.29 Å². The third kappa shape index (κ3) is 15.3. The largest absolute Gasteiger partial charge is 0.458 e. The Kier molecular flexibility index (Phi) is 13.3. The molecular weight excluding hydrogens is 532 g/mol. The molecule has 1 saturated heterocycles. The first-order valence-electron chi connectivity index (χ1n) is 14.0. The molecule has 1 heterocycles. The van der Waals surface area contributed by atoms with Gasteiger partial charge >= 0.3 is 18.2 Å². The van der Waals surface area contributed by atoms with E-state index in [0.717, 1.165) is 18.4 Å². The lowest BCUT2D eigenvalue weighted by Crippen LogP contribution is -2.46. The van der Waals surface area contributed by atoms with Crippen LogP contribution >= 0.6 is 0 Å². The summed E-state index contributed by atoms with van der Waals surface area (Å²) in [4.78, 5) is 47.9. The van der Waals surface area contributed by atoms with Crippen molar-refractivity contribution >= 4 is 24.1 Å². The number of carbonyl (C=O) groups excluding carboxylic acids is 3. The fraction of sp³-hybridized carbons (Fsp3) is 0.655. The summed E-state index contributed by atoms with van der Waals surface area (Å²) in [6, 6.07) is 7.90. The number of benzene rings is 1. The van der Waals surface area contributed by atoms with E-state index < -0.39 is 47.7 Å². The molecule has 1 unspecified atom stereocenters. The zero-order valence-electron chi connectivity index (χ0n) is 25.3. The number of alkyl carbamates (subject to hydrolysis) is 2. The van der Waals surface area contributed by atoms with Crippen molar-refractivity contribution in [3.63, 3.8) is 0 Å². The van der Waals surface area contributed by atoms with Crippen LogP contribution in [0.15, 0.2) is 35.3 Å². The predicted molar refractivity (Wildman–Crippen MR) is 153 cm³/mol. The molecule has 3 atom stereocenters. The molecule has 41 heavy (non-hydrogen) atoms. The summed E-state index contributed by atoms with van der Waals surface area (Å²) >= 11 is 0. The minimum absolute atomic E-state index is 0.0265. The first kappa shape index (κ1) is 33.8. The molecule has 0 radical (unpaired) electrons. The van der Waals surface area contributed by atoms with Gasteiger partial charge in [0, 0.05) is 13.0 Å². The summed E-state index contributed by atoms with van der Waals surface area (Å²) in [5, 5.41) is 5.18. The number of rotatable bonds is 10. The Bertz CT molecular complexity index is 998. The maximum absolute atomic E-state index is 12.9. The van der Waals surface area contributed by atoms with E-state index in [-0.39, 0.29) is 19.0 Å². The van der Waals surface area contributed by atoms with Crippen LogP contribution in [0.4, 0.5) is 9.59 Å². The van der Waals surface area contributed by atoms with Crippen molar-refractivity contribution in [2.45, 2.75) is 117 Å². The van der Waals surface area contributed by atoms with E-state index >= 15 is 0 Å². The van der Waals surface area contributed by atoms with E-state index in [4.69, 9.17) is 23.8 Å². The smallest absolute Gasteiger partial charge is 0.414 e. The van der Waals surface area contributed by atoms with E-state index in [1.54, 1.807) is 48.5 Å². The number of nitrogens with one attached hydrogen (secondary N) is 3. The van der Waals surface area contributed by atoms with Crippen LogP contribution in [0.1, 0.15) is 86.1 Å². The molecule has 1 aliphatic rings. The Hall–Kier alpha value is -3.38. The van der Waals surface area contributed by atoms with Crippen LogP contribution in [-0.2, 0) is 35.2 Å². The number of guanidine groups is 1. The SMILES string of the molecule is C[C@H](CC[C@H](NC(=O)OC(C)(C)C)C(=O)OC(C)(C)C)N=C(NOC1CCCCO1)NC(=O)OCc1ccccc1. The Morgan fingerprint density at radius 1 is 0.976 bits per heavy atom. The minimum atomic E-state index is -0.964. The molecule has 1 fully saturated rings. The lowest BCUT2D eigenvalue weighted by atomic mass is 10.1. The van der Waals surface area contributed by atoms with Gasteiger partial charge in [-0.25, -0.2) is 29.7 Å². The van der Waals surface area contributed by atoms with Crippen LogP contribution in [0.2, 0.25) is 0 Å². The number of amides is 2. The van der Waals surface area contributed by atoms with Crippen molar-refractivity contribution in [2.24, 2.45) is 4.99 Å². The normalized spacial score (nSPS) is 17.5. The summed E-state index contributed by atoms with van der Waals surface area (Å²) in [7, 11) is 0. The Morgan fingerprint density at radius 2 is 1.66 bits per heavy atom. The first-order valence-corrected chi connectivity index (χ1v) is 14.0. The van der Waals surface area contributed by atoms with E-state index in [1.165, 1.54) is 0 Å². The molecule has 1 aliphatic heterocycles. The zero-order valence-corrected chi connectivity index (χ0v) is 25.3. The van der Waals surface area contributed by atoms with Crippen LogP contribution in [0.5, 0.6) is 0 Å². The highest BCUT2D eigenvalue weighted by atomic mass is 16.8. The number of hydrogen-bond donors (Lipinski definition) is 3. The van der Waals surface area contributed by atoms with Gasteiger partial charge in [-0.2, -0.15) is 0 Å². The monoisotopic (exact) mass is 578 g/mol. The molecule has 0 aromatic heterocycles. The van der Waals surface area contributed by atoms with E-state index in [1.807, 2.05) is 30.3 Å². The number of hydroxylamine groups is 1. The summed E-state index contributed by atoms with van der Waals surface area (Å²) < 4.78 is 21.7. The van der Waals surface area contributed by atoms with Gasteiger partial charge in [-0.1, -0.05) is 30.3 Å². The highest BCUT2D eigenvalue weighted by molar-refractivity contribution is 5.93. The van der Waals surface area contributed by atoms with Crippen molar-refractivity contribution < 1.29 is 38.2 Å². The topological polar surface area (TPSA) is 146 Å². The van der Waals surface area contributed by atoms with Crippen molar-refractivity contribution in [3.05, 3.63) is 35.9 Å². The van der Waals surface area contributed by atoms with E-state index in [2.05, 4.69) is 21.1 Å². The van der Waals surface area contributed by atoms with Crippen LogP contribution in [0.3, 0.4) is 0 Å². The van der Waals surface area contributed by atoms with Gasteiger partial charge in [-0.15, -0.1) is 0 Å². The molecule has 0 bridgehead atoms. The summed E-state index contributed by atoms with van der Waals surface area (Å²) in [5.41, 5.74) is 2.04. The Morgan fingerprint density at radius 3 is 2.27 bits per heavy atom. The third-order valence-corrected chi connectivity index (χ3v) is 5.46. The highest BCUT2D eigenvalue weighted by Crippen LogP contribution is 2.15. The van der Waals surface area contributed by atoms with Crippen LogP contribution < -0.4 is 16.1 Å². The molecule has 0 aliphatic carbocycles. The van der Waals surface area contributed by atoms with Gasteiger partial charge < -0.3 is 24.3 Å². The van der Waals surface area contributed by atoms with Gasteiger partial charge in [0.05, 0.1) is 6.04 Å². The molecule has 0 saturated carbocycles. The number of hydrogen-bond acceptors (Lipinski definition) is 9. The predicted octanol–water partition coefficient (Wildman–Crippen LogP) is 4.72. The summed E-state index contributed by atoms with van der Waals surface area (Å²) in [5.74, 6) is -0.558. The van der Waals surface area contributed by atoms with Crippen molar-refractivity contribution in [2.75, 3.05) is 6.61 Å². The number of nitrogens with zero attached hydrogens (tertiary/aromatic N) is 1. The first-order chi connectivity index (χ1) is 19.2. The fourth-order valence-corrected chi connectivity index (χ4v) is 3.63. The van der Waals surface area contributed by atoms with Crippen LogP contribution in [-0.4, -0.2) is 60.3 Å². The molecule has 12 heteroatoms. The van der Waals surface area contributed by atoms with Crippen molar-refractivity contribution in [3.8, 4) is 0 Å². The average molecular weight is 579 g/mol. The molecule has 2 rings (SSSR count). The van der Waals surface area contributed by atoms with Crippen molar-refractivity contribution in [1.29, 1.82) is 0 Å². The second kappa shape index (κ2) is 16.2. The minimum Gasteiger partial charge on any atom is -0.458 e. The van der Waals surface area contributed by atoms with Crippen molar-refractivity contribution in [1.82, 2.24) is 16.1 Å². The molecule has 12 nitrogen and oxygen atoms in total. The van der Waals surface area contributed by atoms with Gasteiger partial charge in [0.1, 0.15) is 23.9 Å². The lowest BCUT2D eigenvalue weighted by Gasteiger charge is -2.26. The van der Waals surface area contributed by atoms with Gasteiger partial charge in [-0.3, -0.25) is 5.32 Å². The molecule has 2 amide bonds. The molecule has 1 aromatic rings.